The Kier molecular flexibility index (Phi) is 9.60. The minimum Gasteiger partial charge on any atom is -0.493 e. The molecule has 5 aromatic carbocycles. The third-order valence-electron chi connectivity index (χ3n) is 8.20. The molecule has 0 radical (unpaired) electrons. The van der Waals surface area contributed by atoms with Crippen LogP contribution in [-0.4, -0.2) is 23.9 Å². The number of nitrogens with zero attached hydrogens (tertiary/aromatic N) is 1. The van der Waals surface area contributed by atoms with E-state index in [-0.39, 0.29) is 11.8 Å². The first kappa shape index (κ1) is 33.0. The first-order valence-electron chi connectivity index (χ1n) is 15.7. The average molecular weight is 788 g/mol. The molecule has 0 saturated heterocycles. The second kappa shape index (κ2) is 14.5. The van der Waals surface area contributed by atoms with Crippen molar-refractivity contribution in [3.63, 3.8) is 0 Å². The highest BCUT2D eigenvalue weighted by Gasteiger charge is 2.26. The van der Waals surface area contributed by atoms with Gasteiger partial charge in [0.15, 0.2) is 11.5 Å². The van der Waals surface area contributed by atoms with E-state index in [2.05, 4.69) is 47.5 Å². The van der Waals surface area contributed by atoms with E-state index in [1.165, 1.54) is 0 Å². The number of rotatable bonds is 6. The highest BCUT2D eigenvalue weighted by atomic mass is 79.9. The number of halogens is 2. The fourth-order valence-corrected chi connectivity index (χ4v) is 6.49. The van der Waals surface area contributed by atoms with Crippen molar-refractivity contribution in [2.24, 2.45) is 0 Å². The van der Waals surface area contributed by atoms with E-state index < -0.39 is 0 Å². The number of anilines is 2. The summed E-state index contributed by atoms with van der Waals surface area (Å²) < 4.78 is 13.4. The molecule has 2 amide bonds. The fourth-order valence-electron chi connectivity index (χ4n) is 5.76. The number of methoxy groups -OCH3 is 1. The minimum absolute atomic E-state index is 0.0944. The van der Waals surface area contributed by atoms with Gasteiger partial charge in [-0.05, 0) is 72.3 Å². The Bertz CT molecular complexity index is 2340. The second-order valence-corrected chi connectivity index (χ2v) is 13.3. The monoisotopic (exact) mass is 785 g/mol. The van der Waals surface area contributed by atoms with Gasteiger partial charge in [-0.2, -0.15) is 0 Å². The molecule has 0 atom stereocenters. The maximum atomic E-state index is 12.5. The highest BCUT2D eigenvalue weighted by molar-refractivity contribution is 9.10. The summed E-state index contributed by atoms with van der Waals surface area (Å²) in [6, 6.07) is 38.9. The molecule has 2 N–H and O–H groups in total. The summed E-state index contributed by atoms with van der Waals surface area (Å²) in [5.41, 5.74) is 8.16. The van der Waals surface area contributed by atoms with Gasteiger partial charge in [0.2, 0.25) is 0 Å². The molecular formula is C41H29Br2N3O4. The lowest BCUT2D eigenvalue weighted by atomic mass is 10.0. The number of benzene rings is 5. The van der Waals surface area contributed by atoms with Gasteiger partial charge in [-0.1, -0.05) is 98.6 Å². The minimum atomic E-state index is -0.134. The third-order valence-corrected chi connectivity index (χ3v) is 9.18. The molecule has 2 aliphatic rings. The van der Waals surface area contributed by atoms with Crippen LogP contribution in [0.2, 0.25) is 0 Å². The van der Waals surface area contributed by atoms with Gasteiger partial charge in [-0.3, -0.25) is 9.59 Å². The summed E-state index contributed by atoms with van der Waals surface area (Å²) in [6.07, 6.45) is 3.68. The van der Waals surface area contributed by atoms with Crippen LogP contribution in [0.3, 0.4) is 0 Å². The van der Waals surface area contributed by atoms with Crippen LogP contribution in [0, 0.1) is 0 Å². The van der Waals surface area contributed by atoms with Crippen LogP contribution < -0.4 is 20.1 Å². The van der Waals surface area contributed by atoms with Gasteiger partial charge in [0.1, 0.15) is 6.61 Å². The van der Waals surface area contributed by atoms with Crippen molar-refractivity contribution in [1.29, 1.82) is 0 Å². The maximum absolute atomic E-state index is 12.5. The van der Waals surface area contributed by atoms with E-state index in [0.29, 0.717) is 29.3 Å². The fraction of sp³-hybridized carbons (Fsp3) is 0.0488. The lowest BCUT2D eigenvalue weighted by Crippen LogP contribution is -2.04. The topological polar surface area (TPSA) is 89.5 Å². The normalized spacial score (nSPS) is 14.5. The predicted octanol–water partition coefficient (Wildman–Crippen LogP) is 10.0. The number of aromatic nitrogens is 1. The molecule has 246 valence electrons. The van der Waals surface area contributed by atoms with Crippen molar-refractivity contribution < 1.29 is 19.1 Å². The number of fused-ring (bicyclic) bond motifs is 3. The summed E-state index contributed by atoms with van der Waals surface area (Å²) in [7, 11) is 1.61. The molecule has 6 aromatic rings. The number of hydrogen-bond acceptors (Lipinski definition) is 5. The Morgan fingerprint density at radius 2 is 1.32 bits per heavy atom. The SMILES string of the molecule is COc1cccc(/C=C2\C(=O)Nc3ccc(Br)cc32)c1OCc1ccccc1.O=C1Nc2ccc(Br)cc2/C1=C\c1ccc2ccccc2n1. The van der Waals surface area contributed by atoms with E-state index >= 15 is 0 Å². The summed E-state index contributed by atoms with van der Waals surface area (Å²) in [4.78, 5) is 29.3. The maximum Gasteiger partial charge on any atom is 0.256 e. The number of carbonyl (C=O) groups is 2. The van der Waals surface area contributed by atoms with E-state index in [9.17, 15) is 9.59 Å². The summed E-state index contributed by atoms with van der Waals surface area (Å²) in [5, 5.41) is 6.86. The van der Waals surface area contributed by atoms with E-state index in [4.69, 9.17) is 9.47 Å². The van der Waals surface area contributed by atoms with Crippen LogP contribution in [0.1, 0.15) is 27.9 Å². The van der Waals surface area contributed by atoms with Crippen LogP contribution in [0.25, 0.3) is 34.2 Å². The molecule has 3 heterocycles. The molecule has 7 nitrogen and oxygen atoms in total. The summed E-state index contributed by atoms with van der Waals surface area (Å²) >= 11 is 6.92. The number of nitrogens with one attached hydrogen (secondary N) is 2. The highest BCUT2D eigenvalue weighted by Crippen LogP contribution is 2.39. The lowest BCUT2D eigenvalue weighted by molar-refractivity contribution is -0.111. The molecule has 0 unspecified atom stereocenters. The number of ether oxygens (including phenoxy) is 2. The molecule has 0 aliphatic carbocycles. The van der Waals surface area contributed by atoms with Gasteiger partial charge in [0, 0.05) is 48.0 Å². The first-order chi connectivity index (χ1) is 24.4. The van der Waals surface area contributed by atoms with Crippen molar-refractivity contribution in [1.82, 2.24) is 4.98 Å². The first-order valence-corrected chi connectivity index (χ1v) is 17.3. The van der Waals surface area contributed by atoms with Gasteiger partial charge in [0.05, 0.1) is 23.9 Å². The van der Waals surface area contributed by atoms with Gasteiger partial charge >= 0.3 is 0 Å². The van der Waals surface area contributed by atoms with Crippen LogP contribution in [0.15, 0.2) is 130 Å². The zero-order valence-electron chi connectivity index (χ0n) is 26.7. The number of pyridine rings is 1. The van der Waals surface area contributed by atoms with Crippen LogP contribution in [-0.2, 0) is 16.2 Å². The van der Waals surface area contributed by atoms with Crippen molar-refractivity contribution >= 4 is 89.3 Å². The molecule has 0 bridgehead atoms. The Morgan fingerprint density at radius 1 is 0.680 bits per heavy atom. The van der Waals surface area contributed by atoms with E-state index in [1.807, 2.05) is 133 Å². The largest absolute Gasteiger partial charge is 0.493 e. The molecule has 50 heavy (non-hydrogen) atoms. The van der Waals surface area contributed by atoms with Crippen molar-refractivity contribution in [3.05, 3.63) is 158 Å². The molecule has 9 heteroatoms. The van der Waals surface area contributed by atoms with Gasteiger partial charge in [-0.15, -0.1) is 0 Å². The van der Waals surface area contributed by atoms with Crippen molar-refractivity contribution in [2.75, 3.05) is 17.7 Å². The lowest BCUT2D eigenvalue weighted by Gasteiger charge is -2.14. The Morgan fingerprint density at radius 3 is 2.00 bits per heavy atom. The Balaban J connectivity index is 0.000000161. The van der Waals surface area contributed by atoms with Crippen LogP contribution in [0.5, 0.6) is 11.5 Å². The molecule has 2 aliphatic heterocycles. The van der Waals surface area contributed by atoms with Crippen molar-refractivity contribution in [3.8, 4) is 11.5 Å². The van der Waals surface area contributed by atoms with Crippen LogP contribution in [0.4, 0.5) is 11.4 Å². The zero-order valence-corrected chi connectivity index (χ0v) is 29.9. The number of carbonyl (C=O) groups excluding carboxylic acids is 2. The number of amides is 2. The van der Waals surface area contributed by atoms with Crippen molar-refractivity contribution in [2.45, 2.75) is 6.61 Å². The quantitative estimate of drug-likeness (QED) is 0.164. The molecule has 1 aromatic heterocycles. The zero-order chi connectivity index (χ0) is 34.6. The molecule has 0 spiro atoms. The Labute approximate surface area is 305 Å². The summed E-state index contributed by atoms with van der Waals surface area (Å²) in [5.74, 6) is 1.00. The number of para-hydroxylation sites is 2. The third kappa shape index (κ3) is 7.10. The number of hydrogen-bond donors (Lipinski definition) is 2. The second-order valence-electron chi connectivity index (χ2n) is 11.5. The van der Waals surface area contributed by atoms with Gasteiger partial charge in [0.25, 0.3) is 11.8 Å². The van der Waals surface area contributed by atoms with E-state index in [0.717, 1.165) is 59.2 Å². The van der Waals surface area contributed by atoms with Gasteiger partial charge in [-0.25, -0.2) is 4.98 Å². The van der Waals surface area contributed by atoms with Gasteiger partial charge < -0.3 is 20.1 Å². The standard InChI is InChI=1S/C23H18BrNO3.C18H11BrN2O/c1-27-21-9-5-8-16(22(21)28-14-15-6-3-2-4-7-15)12-19-18-13-17(24)10-11-20(18)25-23(19)26;19-12-6-8-17-14(9-12)15(18(22)21-17)10-13-7-5-11-3-1-2-4-16(11)20-13/h2-13H,14H2,1H3,(H,25,26);1-10H,(H,21,22)/b19-12-;15-10+. The predicted molar refractivity (Wildman–Crippen MR) is 207 cm³/mol. The summed E-state index contributed by atoms with van der Waals surface area (Å²) in [6.45, 7) is 0.408. The average Bonchev–Trinajstić information content (AvgIpc) is 3.61. The molecule has 0 fully saturated rings. The molecular weight excluding hydrogens is 758 g/mol. The van der Waals surface area contributed by atoms with E-state index in [1.54, 1.807) is 7.11 Å². The Hall–Kier alpha value is -5.51. The molecule has 0 saturated carbocycles. The van der Waals surface area contributed by atoms with Crippen LogP contribution >= 0.6 is 31.9 Å². The smallest absolute Gasteiger partial charge is 0.256 e. The molecule has 8 rings (SSSR count).